The van der Waals surface area contributed by atoms with Crippen molar-refractivity contribution in [2.75, 3.05) is 11.9 Å². The number of amides is 2. The van der Waals surface area contributed by atoms with E-state index in [1.165, 1.54) is 4.90 Å². The summed E-state index contributed by atoms with van der Waals surface area (Å²) in [6.45, 7) is 2.39. The molecule has 27 heavy (non-hydrogen) atoms. The van der Waals surface area contributed by atoms with E-state index in [-0.39, 0.29) is 12.5 Å². The molecule has 2 aromatic rings. The highest BCUT2D eigenvalue weighted by Gasteiger charge is 2.46. The number of nitrogens with zero attached hydrogens (tertiary/aromatic N) is 1. The third kappa shape index (κ3) is 4.37. The molecule has 0 spiro atoms. The summed E-state index contributed by atoms with van der Waals surface area (Å²) in [6.07, 6.45) is 0.787. The second kappa shape index (κ2) is 8.19. The first-order chi connectivity index (χ1) is 12.9. The molecule has 1 aliphatic heterocycles. The number of halogens is 2. The molecule has 1 aliphatic rings. The Balaban J connectivity index is 1.67. The number of rotatable bonds is 4. The van der Waals surface area contributed by atoms with Crippen LogP contribution in [0, 0.1) is 0 Å². The Morgan fingerprint density at radius 1 is 1.15 bits per heavy atom. The summed E-state index contributed by atoms with van der Waals surface area (Å²) >= 11 is 11.9. The molecule has 0 saturated carbocycles. The summed E-state index contributed by atoms with van der Waals surface area (Å²) in [5, 5.41) is 3.58. The van der Waals surface area contributed by atoms with Gasteiger partial charge in [0, 0.05) is 12.2 Å². The van der Waals surface area contributed by atoms with Crippen LogP contribution in [0.4, 0.5) is 10.5 Å². The third-order valence-corrected chi connectivity index (χ3v) is 5.47. The maximum absolute atomic E-state index is 12.9. The van der Waals surface area contributed by atoms with E-state index >= 15 is 0 Å². The van der Waals surface area contributed by atoms with Crippen LogP contribution in [0.3, 0.4) is 0 Å². The van der Waals surface area contributed by atoms with Gasteiger partial charge in [0.15, 0.2) is 0 Å². The number of nitrogens with one attached hydrogen (secondary N) is 1. The van der Waals surface area contributed by atoms with Gasteiger partial charge in [0.2, 0.25) is 5.91 Å². The number of likely N-dealkylation sites (tertiary alicyclic amines) is 1. The molecule has 1 atom stereocenters. The second-order valence-electron chi connectivity index (χ2n) is 6.65. The lowest BCUT2D eigenvalue weighted by molar-refractivity contribution is -0.125. The van der Waals surface area contributed by atoms with E-state index in [2.05, 4.69) is 5.32 Å². The molecule has 2 amide bonds. The van der Waals surface area contributed by atoms with E-state index in [0.717, 1.165) is 12.0 Å². The molecule has 7 heteroatoms. The van der Waals surface area contributed by atoms with Gasteiger partial charge in [0.05, 0.1) is 10.0 Å². The van der Waals surface area contributed by atoms with Gasteiger partial charge in [0.25, 0.3) is 0 Å². The maximum atomic E-state index is 12.9. The predicted molar refractivity (Wildman–Crippen MR) is 106 cm³/mol. The Morgan fingerprint density at radius 2 is 1.89 bits per heavy atom. The summed E-state index contributed by atoms with van der Waals surface area (Å²) in [7, 11) is 0. The number of carbonyl (C=O) groups is 2. The highest BCUT2D eigenvalue weighted by Crippen LogP contribution is 2.32. The molecule has 1 fully saturated rings. The fourth-order valence-electron chi connectivity index (χ4n) is 3.13. The lowest BCUT2D eigenvalue weighted by Gasteiger charge is -2.33. The first-order valence-electron chi connectivity index (χ1n) is 8.65. The zero-order valence-corrected chi connectivity index (χ0v) is 16.4. The van der Waals surface area contributed by atoms with Crippen LogP contribution in [-0.4, -0.2) is 29.0 Å². The van der Waals surface area contributed by atoms with Crippen LogP contribution in [0.25, 0.3) is 0 Å². The zero-order valence-electron chi connectivity index (χ0n) is 14.9. The highest BCUT2D eigenvalue weighted by atomic mass is 35.5. The topological polar surface area (TPSA) is 58.6 Å². The monoisotopic (exact) mass is 406 g/mol. The van der Waals surface area contributed by atoms with Crippen LogP contribution in [0.2, 0.25) is 10.0 Å². The minimum absolute atomic E-state index is 0.167. The molecular formula is C20H20Cl2N2O3. The Bertz CT molecular complexity index is 844. The van der Waals surface area contributed by atoms with Crippen LogP contribution < -0.4 is 5.32 Å². The molecule has 0 aromatic heterocycles. The molecule has 2 aromatic carbocycles. The number of anilines is 1. The molecule has 1 unspecified atom stereocenters. The summed E-state index contributed by atoms with van der Waals surface area (Å²) in [4.78, 5) is 26.9. The van der Waals surface area contributed by atoms with E-state index in [0.29, 0.717) is 28.7 Å². The molecule has 1 N–H and O–H groups in total. The SMILES string of the molecule is CC1(C(=O)Nc2ccc(Cl)c(Cl)c2)CCCN1C(=O)OCc1ccccc1. The van der Waals surface area contributed by atoms with Crippen molar-refractivity contribution in [3.05, 3.63) is 64.1 Å². The van der Waals surface area contributed by atoms with Gasteiger partial charge in [0.1, 0.15) is 12.1 Å². The van der Waals surface area contributed by atoms with Gasteiger partial charge < -0.3 is 10.1 Å². The van der Waals surface area contributed by atoms with Crippen molar-refractivity contribution >= 4 is 40.9 Å². The van der Waals surface area contributed by atoms with Crippen LogP contribution >= 0.6 is 23.2 Å². The second-order valence-corrected chi connectivity index (χ2v) is 7.47. The number of hydrogen-bond donors (Lipinski definition) is 1. The quantitative estimate of drug-likeness (QED) is 0.765. The summed E-state index contributed by atoms with van der Waals surface area (Å²) in [5.41, 5.74) is 0.437. The fraction of sp³-hybridized carbons (Fsp3) is 0.300. The number of carbonyl (C=O) groups excluding carboxylic acids is 2. The molecule has 142 valence electrons. The van der Waals surface area contributed by atoms with Crippen molar-refractivity contribution in [3.8, 4) is 0 Å². The molecule has 0 aliphatic carbocycles. The van der Waals surface area contributed by atoms with Gasteiger partial charge in [-0.15, -0.1) is 0 Å². The summed E-state index contributed by atoms with van der Waals surface area (Å²) in [6, 6.07) is 14.3. The average molecular weight is 407 g/mol. The molecule has 1 heterocycles. The van der Waals surface area contributed by atoms with Crippen molar-refractivity contribution < 1.29 is 14.3 Å². The summed E-state index contributed by atoms with van der Waals surface area (Å²) in [5.74, 6) is -0.282. The minimum Gasteiger partial charge on any atom is -0.445 e. The number of benzene rings is 2. The zero-order chi connectivity index (χ0) is 19.4. The van der Waals surface area contributed by atoms with Crippen LogP contribution in [-0.2, 0) is 16.1 Å². The van der Waals surface area contributed by atoms with Crippen LogP contribution in [0.15, 0.2) is 48.5 Å². The van der Waals surface area contributed by atoms with Crippen molar-refractivity contribution in [2.45, 2.75) is 31.9 Å². The highest BCUT2D eigenvalue weighted by molar-refractivity contribution is 6.42. The van der Waals surface area contributed by atoms with Gasteiger partial charge in [-0.25, -0.2) is 4.79 Å². The van der Waals surface area contributed by atoms with Crippen molar-refractivity contribution in [3.63, 3.8) is 0 Å². The van der Waals surface area contributed by atoms with E-state index in [4.69, 9.17) is 27.9 Å². The Kier molecular flexibility index (Phi) is 5.92. The Morgan fingerprint density at radius 3 is 2.59 bits per heavy atom. The van der Waals surface area contributed by atoms with Crippen molar-refractivity contribution in [2.24, 2.45) is 0 Å². The predicted octanol–water partition coefficient (Wildman–Crippen LogP) is 5.12. The first-order valence-corrected chi connectivity index (χ1v) is 9.40. The largest absolute Gasteiger partial charge is 0.445 e. The van der Waals surface area contributed by atoms with Crippen molar-refractivity contribution in [1.29, 1.82) is 0 Å². The molecule has 0 radical (unpaired) electrons. The first kappa shape index (κ1) is 19.5. The molecular weight excluding hydrogens is 387 g/mol. The standard InChI is InChI=1S/C20H20Cl2N2O3/c1-20(18(25)23-15-8-9-16(21)17(22)12-15)10-5-11-24(20)19(26)27-13-14-6-3-2-4-7-14/h2-4,6-9,12H,5,10-11,13H2,1H3,(H,23,25). The summed E-state index contributed by atoms with van der Waals surface area (Å²) < 4.78 is 5.41. The molecule has 1 saturated heterocycles. The Hall–Kier alpha value is -2.24. The lowest BCUT2D eigenvalue weighted by Crippen LogP contribution is -2.53. The van der Waals surface area contributed by atoms with E-state index < -0.39 is 11.6 Å². The number of ether oxygens (including phenoxy) is 1. The Labute approximate surface area is 168 Å². The van der Waals surface area contributed by atoms with Crippen LogP contribution in [0.5, 0.6) is 0 Å². The van der Waals surface area contributed by atoms with Gasteiger partial charge in [-0.3, -0.25) is 9.69 Å². The van der Waals surface area contributed by atoms with Gasteiger partial charge in [-0.1, -0.05) is 53.5 Å². The fourth-order valence-corrected chi connectivity index (χ4v) is 3.43. The molecule has 0 bridgehead atoms. The molecule has 5 nitrogen and oxygen atoms in total. The number of hydrogen-bond acceptors (Lipinski definition) is 3. The van der Waals surface area contributed by atoms with E-state index in [1.54, 1.807) is 25.1 Å². The lowest BCUT2D eigenvalue weighted by atomic mass is 9.98. The van der Waals surface area contributed by atoms with Gasteiger partial charge >= 0.3 is 6.09 Å². The maximum Gasteiger partial charge on any atom is 0.410 e. The average Bonchev–Trinajstić information content (AvgIpc) is 3.07. The van der Waals surface area contributed by atoms with Gasteiger partial charge in [-0.05, 0) is 43.5 Å². The smallest absolute Gasteiger partial charge is 0.410 e. The normalized spacial score (nSPS) is 19.0. The van der Waals surface area contributed by atoms with Gasteiger partial charge in [-0.2, -0.15) is 0 Å². The van der Waals surface area contributed by atoms with Crippen LogP contribution in [0.1, 0.15) is 25.3 Å². The molecule has 3 rings (SSSR count). The third-order valence-electron chi connectivity index (χ3n) is 4.73. The van der Waals surface area contributed by atoms with E-state index in [9.17, 15) is 9.59 Å². The van der Waals surface area contributed by atoms with Crippen molar-refractivity contribution in [1.82, 2.24) is 4.90 Å². The van der Waals surface area contributed by atoms with E-state index in [1.807, 2.05) is 30.3 Å². The minimum atomic E-state index is -0.986.